The summed E-state index contributed by atoms with van der Waals surface area (Å²) in [6.07, 6.45) is 10.1. The number of anilines is 3. The summed E-state index contributed by atoms with van der Waals surface area (Å²) in [5.74, 6) is -2.35. The molecule has 3 aliphatic rings. The minimum Gasteiger partial charge on any atom is -0.466 e. The number of nitrogens with one attached hydrogen (secondary N) is 3. The van der Waals surface area contributed by atoms with Crippen LogP contribution < -0.4 is 16.0 Å². The number of carbonyl (C=O) groups is 3. The maximum Gasteiger partial charge on any atom is 0.308 e. The van der Waals surface area contributed by atoms with E-state index >= 15 is 0 Å². The van der Waals surface area contributed by atoms with Crippen LogP contribution in [0.2, 0.25) is 15.9 Å². The number of aromatic nitrogens is 6. The molecule has 5 N–H and O–H groups in total. The van der Waals surface area contributed by atoms with E-state index in [1.54, 1.807) is 13.8 Å². The van der Waals surface area contributed by atoms with Crippen LogP contribution in [0, 0.1) is 17.5 Å². The zero-order valence-corrected chi connectivity index (χ0v) is 35.4. The fraction of sp³-hybridized carbons (Fsp3) is 0.605. The van der Waals surface area contributed by atoms with Gasteiger partial charge in [0, 0.05) is 31.0 Å². The number of hydrogen-bond acceptors (Lipinski definition) is 16. The Bertz CT molecular complexity index is 1830. The van der Waals surface area contributed by atoms with Gasteiger partial charge >= 0.3 is 11.9 Å². The molecule has 60 heavy (non-hydrogen) atoms. The molecular formula is C38H49Cl3F3N9O7. The van der Waals surface area contributed by atoms with Gasteiger partial charge in [-0.05, 0) is 113 Å². The van der Waals surface area contributed by atoms with Crippen molar-refractivity contribution < 1.29 is 47.2 Å². The second kappa shape index (κ2) is 23.2. The second-order valence-corrected chi connectivity index (χ2v) is 15.8. The molecule has 6 rings (SSSR count). The first-order chi connectivity index (χ1) is 28.5. The molecule has 3 aliphatic carbocycles. The minimum atomic E-state index is -1.14. The lowest BCUT2D eigenvalue weighted by Crippen LogP contribution is -2.42. The molecule has 0 radical (unpaired) electrons. The Kier molecular flexibility index (Phi) is 18.7. The van der Waals surface area contributed by atoms with Crippen molar-refractivity contribution in [2.45, 2.75) is 133 Å². The summed E-state index contributed by atoms with van der Waals surface area (Å²) < 4.78 is 50.3. The van der Waals surface area contributed by atoms with Gasteiger partial charge in [-0.2, -0.15) is 15.0 Å². The molecule has 22 heteroatoms. The largest absolute Gasteiger partial charge is 0.466 e. The summed E-state index contributed by atoms with van der Waals surface area (Å²) in [5, 5.41) is 29.7. The second-order valence-electron chi connectivity index (χ2n) is 14.8. The Labute approximate surface area is 360 Å². The van der Waals surface area contributed by atoms with Gasteiger partial charge in [0.05, 0.1) is 55.8 Å². The van der Waals surface area contributed by atoms with Crippen molar-refractivity contribution >= 4 is 70.0 Å². The molecule has 3 unspecified atom stereocenters. The number of aliphatic hydroxyl groups is 2. The summed E-state index contributed by atoms with van der Waals surface area (Å²) in [6.45, 7) is 3.99. The summed E-state index contributed by atoms with van der Waals surface area (Å²) in [4.78, 5) is 56.3. The first-order valence-electron chi connectivity index (χ1n) is 19.6. The average molecular weight is 907 g/mol. The Balaban J connectivity index is 0.000000201. The van der Waals surface area contributed by atoms with Crippen molar-refractivity contribution in [1.82, 2.24) is 29.9 Å². The van der Waals surface area contributed by atoms with E-state index in [-0.39, 0.29) is 83.3 Å². The lowest BCUT2D eigenvalue weighted by atomic mass is 9.79. The Morgan fingerprint density at radius 2 is 1.05 bits per heavy atom. The van der Waals surface area contributed by atoms with Gasteiger partial charge in [-0.15, -0.1) is 0 Å². The lowest BCUT2D eigenvalue weighted by Gasteiger charge is -2.36. The Morgan fingerprint density at radius 3 is 1.42 bits per heavy atom. The number of rotatable bonds is 12. The van der Waals surface area contributed by atoms with E-state index in [0.717, 1.165) is 44.3 Å². The third-order valence-corrected chi connectivity index (χ3v) is 10.4. The number of hydrogen-bond donors (Lipinski definition) is 5. The molecule has 3 aromatic rings. The van der Waals surface area contributed by atoms with Gasteiger partial charge < -0.3 is 35.6 Å². The van der Waals surface area contributed by atoms with Crippen LogP contribution in [0.4, 0.5) is 30.6 Å². The molecule has 0 bridgehead atoms. The predicted octanol–water partition coefficient (Wildman–Crippen LogP) is 6.81. The van der Waals surface area contributed by atoms with Crippen LogP contribution in [0.15, 0.2) is 18.6 Å². The maximum atomic E-state index is 13.6. The van der Waals surface area contributed by atoms with E-state index < -0.39 is 40.6 Å². The van der Waals surface area contributed by atoms with Gasteiger partial charge in [0.25, 0.3) is 0 Å². The molecule has 0 aromatic carbocycles. The highest BCUT2D eigenvalue weighted by Crippen LogP contribution is 2.35. The minimum absolute atomic E-state index is 0.00499. The third kappa shape index (κ3) is 16.0. The number of Topliss-reactive ketones (excluding diaryl/α,β-unsaturated/α-hetero) is 1. The lowest BCUT2D eigenvalue weighted by molar-refractivity contribution is -0.151. The van der Waals surface area contributed by atoms with Gasteiger partial charge in [-0.1, -0.05) is 0 Å². The summed E-state index contributed by atoms with van der Waals surface area (Å²) >= 11 is 16.9. The van der Waals surface area contributed by atoms with Crippen LogP contribution in [0.25, 0.3) is 0 Å². The van der Waals surface area contributed by atoms with Crippen LogP contribution in [0.5, 0.6) is 0 Å². The normalized spacial score (nSPS) is 23.8. The van der Waals surface area contributed by atoms with Gasteiger partial charge in [0.2, 0.25) is 15.9 Å². The molecule has 3 saturated carbocycles. The topological polar surface area (TPSA) is 224 Å². The van der Waals surface area contributed by atoms with Crippen molar-refractivity contribution in [2.24, 2.45) is 0 Å². The van der Waals surface area contributed by atoms with E-state index in [2.05, 4.69) is 45.9 Å². The molecule has 3 heterocycles. The standard InChI is InChI=1S/2C14H19ClFN3O3.C10H11ClFN3O/c2*1-2-22-11(20)7-14(21)5-3-4-9(6-14)18-12-10(16)8-17-13(15)19-12;11-10-13-5-8(12)9(15-10)14-6-2-1-3-7(16)4-6/h2*8-9,21H,2-7H2,1H3,(H,17,18,19);5-6H,1-4H2,(H,13,14,15)/t2*9?,14-;/m10./s1. The number of carbonyl (C=O) groups excluding carboxylic acids is 3. The summed E-state index contributed by atoms with van der Waals surface area (Å²) in [5.41, 5.74) is -2.29. The molecule has 330 valence electrons. The van der Waals surface area contributed by atoms with Crippen LogP contribution in [-0.4, -0.2) is 100 Å². The predicted molar refractivity (Wildman–Crippen MR) is 216 cm³/mol. The Hall–Kier alpha value is -4.17. The maximum absolute atomic E-state index is 13.6. The number of ether oxygens (including phenoxy) is 2. The fourth-order valence-electron chi connectivity index (χ4n) is 7.28. The third-order valence-electron chi connectivity index (χ3n) is 9.85. The molecule has 3 aromatic heterocycles. The summed E-state index contributed by atoms with van der Waals surface area (Å²) in [7, 11) is 0. The summed E-state index contributed by atoms with van der Waals surface area (Å²) in [6, 6.07) is -0.455. The Morgan fingerprint density at radius 1 is 0.683 bits per heavy atom. The SMILES string of the molecule is CCOC(=O)C[C@@]1(O)CCCC(Nc2nc(Cl)ncc2F)C1.CCOC(=O)C[C@]1(O)CCCC(Nc2nc(Cl)ncc2F)C1.O=C1CCCC(Nc2nc(Cl)ncc2F)C1. The molecule has 16 nitrogen and oxygen atoms in total. The zero-order valence-electron chi connectivity index (χ0n) is 33.2. The van der Waals surface area contributed by atoms with E-state index in [0.29, 0.717) is 51.4 Å². The van der Waals surface area contributed by atoms with E-state index in [4.69, 9.17) is 44.3 Å². The molecule has 0 aliphatic heterocycles. The van der Waals surface area contributed by atoms with E-state index in [1.807, 2.05) is 0 Å². The van der Waals surface area contributed by atoms with Crippen molar-refractivity contribution in [2.75, 3.05) is 29.2 Å². The smallest absolute Gasteiger partial charge is 0.308 e. The number of ketones is 1. The van der Waals surface area contributed by atoms with Crippen molar-refractivity contribution in [3.8, 4) is 0 Å². The van der Waals surface area contributed by atoms with Crippen LogP contribution in [0.3, 0.4) is 0 Å². The number of halogens is 6. The zero-order chi connectivity index (χ0) is 43.9. The van der Waals surface area contributed by atoms with Crippen LogP contribution in [-0.2, 0) is 23.9 Å². The first kappa shape index (κ1) is 48.5. The van der Waals surface area contributed by atoms with Crippen LogP contribution >= 0.6 is 34.8 Å². The molecular weight excluding hydrogens is 858 g/mol. The van der Waals surface area contributed by atoms with Crippen LogP contribution in [0.1, 0.15) is 104 Å². The van der Waals surface area contributed by atoms with Gasteiger partial charge in [0.1, 0.15) is 5.78 Å². The molecule has 3 fully saturated rings. The first-order valence-corrected chi connectivity index (χ1v) is 20.7. The van der Waals surface area contributed by atoms with E-state index in [9.17, 15) is 37.8 Å². The quantitative estimate of drug-likeness (QED) is 0.0930. The van der Waals surface area contributed by atoms with Gasteiger partial charge in [-0.25, -0.2) is 28.1 Å². The average Bonchev–Trinajstić information content (AvgIpc) is 3.16. The fourth-order valence-corrected chi connectivity index (χ4v) is 7.68. The monoisotopic (exact) mass is 905 g/mol. The van der Waals surface area contributed by atoms with Crippen molar-refractivity contribution in [1.29, 1.82) is 0 Å². The highest BCUT2D eigenvalue weighted by Gasteiger charge is 2.38. The molecule has 0 saturated heterocycles. The molecule has 0 amide bonds. The van der Waals surface area contributed by atoms with Crippen molar-refractivity contribution in [3.63, 3.8) is 0 Å². The molecule has 0 spiro atoms. The van der Waals surface area contributed by atoms with E-state index in [1.165, 1.54) is 0 Å². The van der Waals surface area contributed by atoms with Gasteiger partial charge in [-0.3, -0.25) is 14.4 Å². The highest BCUT2D eigenvalue weighted by atomic mass is 35.5. The number of nitrogens with zero attached hydrogens (tertiary/aromatic N) is 6. The molecule has 5 atom stereocenters. The van der Waals surface area contributed by atoms with Crippen molar-refractivity contribution in [3.05, 3.63) is 51.9 Å². The number of esters is 2. The van der Waals surface area contributed by atoms with Gasteiger partial charge in [0.15, 0.2) is 34.9 Å². The highest BCUT2D eigenvalue weighted by molar-refractivity contribution is 6.28.